The van der Waals surface area contributed by atoms with Gasteiger partial charge in [0.05, 0.1) is 12.3 Å². The highest BCUT2D eigenvalue weighted by Crippen LogP contribution is 2.35. The first-order valence-electron chi connectivity index (χ1n) is 8.75. The zero-order valence-corrected chi connectivity index (χ0v) is 15.2. The molecule has 2 aliphatic heterocycles. The van der Waals surface area contributed by atoms with Gasteiger partial charge in [0.2, 0.25) is 5.91 Å². The molecule has 1 amide bonds. The maximum Gasteiger partial charge on any atom is 0.225 e. The lowest BCUT2D eigenvalue weighted by Gasteiger charge is -2.25. The molecule has 0 bridgehead atoms. The Hall–Kier alpha value is -2.11. The maximum atomic E-state index is 14.7. The number of rotatable bonds is 3. The Morgan fingerprint density at radius 2 is 2.12 bits per heavy atom. The Balaban J connectivity index is 0.00000196. The van der Waals surface area contributed by atoms with Crippen LogP contribution in [0.15, 0.2) is 36.4 Å². The van der Waals surface area contributed by atoms with E-state index < -0.39 is 0 Å². The summed E-state index contributed by atoms with van der Waals surface area (Å²) in [5, 5.41) is 5.99. The summed E-state index contributed by atoms with van der Waals surface area (Å²) in [6, 6.07) is 11.4. The van der Waals surface area contributed by atoms with Crippen molar-refractivity contribution in [2.45, 2.75) is 31.7 Å². The Labute approximate surface area is 158 Å². The topological polar surface area (TPSA) is 50.4 Å². The van der Waals surface area contributed by atoms with Crippen LogP contribution in [0.25, 0.3) is 0 Å². The third-order valence-corrected chi connectivity index (χ3v) is 5.00. The van der Waals surface area contributed by atoms with Crippen molar-refractivity contribution in [3.63, 3.8) is 0 Å². The molecule has 138 valence electrons. The SMILES string of the molecule is Cl.O=C(CC1CCOc2ccccc21)Nc1ccc2c(c1F)CCNC2. The summed E-state index contributed by atoms with van der Waals surface area (Å²) in [6.07, 6.45) is 1.78. The highest BCUT2D eigenvalue weighted by molar-refractivity contribution is 5.91. The number of halogens is 2. The summed E-state index contributed by atoms with van der Waals surface area (Å²) >= 11 is 0. The monoisotopic (exact) mass is 376 g/mol. The van der Waals surface area contributed by atoms with Crippen molar-refractivity contribution in [1.82, 2.24) is 5.32 Å². The van der Waals surface area contributed by atoms with Crippen LogP contribution in [0.5, 0.6) is 5.75 Å². The number of carbonyl (C=O) groups excluding carboxylic acids is 1. The number of ether oxygens (including phenoxy) is 1. The van der Waals surface area contributed by atoms with E-state index >= 15 is 0 Å². The molecule has 2 heterocycles. The zero-order valence-electron chi connectivity index (χ0n) is 14.4. The number of amides is 1. The van der Waals surface area contributed by atoms with Crippen LogP contribution in [-0.2, 0) is 17.8 Å². The van der Waals surface area contributed by atoms with Crippen molar-refractivity contribution in [3.05, 3.63) is 58.9 Å². The minimum absolute atomic E-state index is 0. The van der Waals surface area contributed by atoms with Crippen molar-refractivity contribution < 1.29 is 13.9 Å². The van der Waals surface area contributed by atoms with Gasteiger partial charge < -0.3 is 15.4 Å². The van der Waals surface area contributed by atoms with Crippen LogP contribution in [0.2, 0.25) is 0 Å². The normalized spacial score (nSPS) is 18.0. The fourth-order valence-electron chi connectivity index (χ4n) is 3.68. The predicted octanol–water partition coefficient (Wildman–Crippen LogP) is 3.79. The highest BCUT2D eigenvalue weighted by atomic mass is 35.5. The summed E-state index contributed by atoms with van der Waals surface area (Å²) in [5.74, 6) is 0.503. The van der Waals surface area contributed by atoms with E-state index in [9.17, 15) is 9.18 Å². The first kappa shape index (κ1) is 18.7. The van der Waals surface area contributed by atoms with Crippen molar-refractivity contribution in [1.29, 1.82) is 0 Å². The molecule has 0 aliphatic carbocycles. The van der Waals surface area contributed by atoms with Gasteiger partial charge >= 0.3 is 0 Å². The molecule has 1 unspecified atom stereocenters. The van der Waals surface area contributed by atoms with E-state index in [0.717, 1.165) is 29.8 Å². The average molecular weight is 377 g/mol. The summed E-state index contributed by atoms with van der Waals surface area (Å²) in [4.78, 5) is 12.5. The van der Waals surface area contributed by atoms with Gasteiger partial charge in [-0.05, 0) is 54.1 Å². The minimum Gasteiger partial charge on any atom is -0.493 e. The summed E-state index contributed by atoms with van der Waals surface area (Å²) in [6.45, 7) is 2.05. The van der Waals surface area contributed by atoms with E-state index in [1.807, 2.05) is 30.3 Å². The van der Waals surface area contributed by atoms with Gasteiger partial charge in [0.25, 0.3) is 0 Å². The zero-order chi connectivity index (χ0) is 17.2. The van der Waals surface area contributed by atoms with E-state index in [2.05, 4.69) is 10.6 Å². The second kappa shape index (κ2) is 8.06. The Morgan fingerprint density at radius 1 is 1.27 bits per heavy atom. The molecule has 4 nitrogen and oxygen atoms in total. The van der Waals surface area contributed by atoms with Gasteiger partial charge in [-0.1, -0.05) is 24.3 Å². The van der Waals surface area contributed by atoms with Crippen molar-refractivity contribution in [3.8, 4) is 5.75 Å². The van der Waals surface area contributed by atoms with Gasteiger partial charge in [-0.25, -0.2) is 4.39 Å². The molecular weight excluding hydrogens is 355 g/mol. The van der Waals surface area contributed by atoms with Crippen LogP contribution in [0, 0.1) is 5.82 Å². The molecule has 26 heavy (non-hydrogen) atoms. The predicted molar refractivity (Wildman–Crippen MR) is 102 cm³/mol. The van der Waals surface area contributed by atoms with E-state index in [0.29, 0.717) is 31.6 Å². The minimum atomic E-state index is -0.292. The molecule has 2 aromatic carbocycles. The molecule has 0 radical (unpaired) electrons. The van der Waals surface area contributed by atoms with Gasteiger partial charge in [-0.2, -0.15) is 0 Å². The standard InChI is InChI=1S/C20H21FN2O2.ClH/c21-20-16-7-9-22-12-14(16)5-6-17(20)23-19(24)11-13-8-10-25-18-4-2-1-3-15(13)18;/h1-6,13,22H,7-12H2,(H,23,24);1H. The van der Waals surface area contributed by atoms with Crippen LogP contribution in [0.3, 0.4) is 0 Å². The second-order valence-corrected chi connectivity index (χ2v) is 6.62. The number of fused-ring (bicyclic) bond motifs is 2. The first-order valence-corrected chi connectivity index (χ1v) is 8.75. The average Bonchev–Trinajstić information content (AvgIpc) is 2.65. The molecular formula is C20H22ClFN2O2. The number of nitrogens with one attached hydrogen (secondary N) is 2. The first-order chi connectivity index (χ1) is 12.2. The number of hydrogen-bond acceptors (Lipinski definition) is 3. The molecule has 0 spiro atoms. The van der Waals surface area contributed by atoms with Crippen LogP contribution in [0.4, 0.5) is 10.1 Å². The number of carbonyl (C=O) groups is 1. The second-order valence-electron chi connectivity index (χ2n) is 6.62. The fraction of sp³-hybridized carbons (Fsp3) is 0.350. The highest BCUT2D eigenvalue weighted by Gasteiger charge is 2.24. The van der Waals surface area contributed by atoms with Crippen LogP contribution in [-0.4, -0.2) is 19.1 Å². The number of anilines is 1. The lowest BCUT2D eigenvalue weighted by Crippen LogP contribution is -2.25. The Morgan fingerprint density at radius 3 is 3.00 bits per heavy atom. The fourth-order valence-corrected chi connectivity index (χ4v) is 3.68. The quantitative estimate of drug-likeness (QED) is 0.856. The molecule has 0 fully saturated rings. The smallest absolute Gasteiger partial charge is 0.225 e. The molecule has 4 rings (SSSR count). The van der Waals surface area contributed by atoms with Crippen molar-refractivity contribution >= 4 is 24.0 Å². The van der Waals surface area contributed by atoms with Crippen molar-refractivity contribution in [2.24, 2.45) is 0 Å². The van der Waals surface area contributed by atoms with Crippen molar-refractivity contribution in [2.75, 3.05) is 18.5 Å². The van der Waals surface area contributed by atoms with Gasteiger partial charge in [-0.3, -0.25) is 4.79 Å². The summed E-state index contributed by atoms with van der Waals surface area (Å²) in [5.41, 5.74) is 3.03. The molecule has 2 N–H and O–H groups in total. The molecule has 6 heteroatoms. The van der Waals surface area contributed by atoms with Crippen LogP contribution < -0.4 is 15.4 Å². The molecule has 0 aromatic heterocycles. The number of para-hydroxylation sites is 1. The molecule has 0 saturated heterocycles. The van der Waals surface area contributed by atoms with Crippen LogP contribution >= 0.6 is 12.4 Å². The van der Waals surface area contributed by atoms with E-state index in [1.54, 1.807) is 6.07 Å². The third kappa shape index (κ3) is 3.69. The van der Waals surface area contributed by atoms with E-state index in [-0.39, 0.29) is 35.7 Å². The lowest BCUT2D eigenvalue weighted by molar-refractivity contribution is -0.116. The van der Waals surface area contributed by atoms with Crippen LogP contribution in [0.1, 0.15) is 35.4 Å². The largest absolute Gasteiger partial charge is 0.493 e. The Kier molecular flexibility index (Phi) is 5.79. The maximum absolute atomic E-state index is 14.7. The third-order valence-electron chi connectivity index (χ3n) is 5.00. The molecule has 1 atom stereocenters. The lowest BCUT2D eigenvalue weighted by atomic mass is 9.90. The van der Waals surface area contributed by atoms with Gasteiger partial charge in [0.15, 0.2) is 0 Å². The molecule has 2 aliphatic rings. The van der Waals surface area contributed by atoms with Gasteiger partial charge in [0, 0.05) is 13.0 Å². The van der Waals surface area contributed by atoms with E-state index in [1.165, 1.54) is 0 Å². The molecule has 0 saturated carbocycles. The van der Waals surface area contributed by atoms with E-state index in [4.69, 9.17) is 4.74 Å². The summed E-state index contributed by atoms with van der Waals surface area (Å²) < 4.78 is 20.3. The van der Waals surface area contributed by atoms with Gasteiger partial charge in [-0.15, -0.1) is 12.4 Å². The number of hydrogen-bond donors (Lipinski definition) is 2. The Bertz CT molecular complexity index is 812. The molecule has 2 aromatic rings. The summed E-state index contributed by atoms with van der Waals surface area (Å²) in [7, 11) is 0. The number of benzene rings is 2. The van der Waals surface area contributed by atoms with Gasteiger partial charge in [0.1, 0.15) is 11.6 Å².